The van der Waals surface area contributed by atoms with Crippen LogP contribution in [0.3, 0.4) is 0 Å². The van der Waals surface area contributed by atoms with Crippen molar-refractivity contribution < 1.29 is 38.6 Å². The van der Waals surface area contributed by atoms with Gasteiger partial charge in [0.25, 0.3) is 0 Å². The molecule has 0 radical (unpaired) electrons. The molecule has 2 fully saturated rings. The van der Waals surface area contributed by atoms with Gasteiger partial charge >= 0.3 is 0 Å². The van der Waals surface area contributed by atoms with Crippen molar-refractivity contribution in [3.05, 3.63) is 48.5 Å². The molecule has 0 saturated carbocycles. The van der Waals surface area contributed by atoms with Crippen LogP contribution in [0.25, 0.3) is 0 Å². The molecule has 4 atom stereocenters. The van der Waals surface area contributed by atoms with Crippen molar-refractivity contribution in [2.45, 2.75) is 63.7 Å². The first-order chi connectivity index (χ1) is 15.1. The van der Waals surface area contributed by atoms with Crippen LogP contribution in [0.1, 0.15) is 27.7 Å². The Morgan fingerprint density at radius 1 is 0.625 bits per heavy atom. The van der Waals surface area contributed by atoms with E-state index in [2.05, 4.69) is 0 Å². The summed E-state index contributed by atoms with van der Waals surface area (Å²) in [6.45, 7) is 7.88. The Morgan fingerprint density at radius 2 is 0.969 bits per heavy atom. The normalized spacial score (nSPS) is 28.5. The summed E-state index contributed by atoms with van der Waals surface area (Å²) in [5, 5.41) is 18.9. The maximum absolute atomic E-state index is 9.46. The van der Waals surface area contributed by atoms with Crippen LogP contribution in [0.5, 0.6) is 23.0 Å². The number of rotatable bonds is 7. The molecule has 0 aromatic heterocycles. The lowest BCUT2D eigenvalue weighted by atomic mass is 10.0. The summed E-state index contributed by atoms with van der Waals surface area (Å²) < 4.78 is 36.4. The first kappa shape index (κ1) is 22.7. The van der Waals surface area contributed by atoms with Gasteiger partial charge in [-0.05, 0) is 76.2 Å². The van der Waals surface area contributed by atoms with Gasteiger partial charge in [-0.25, -0.2) is 0 Å². The third-order valence-corrected chi connectivity index (χ3v) is 5.27. The highest BCUT2D eigenvalue weighted by Crippen LogP contribution is 2.39. The van der Waals surface area contributed by atoms with Crippen molar-refractivity contribution in [1.29, 1.82) is 0 Å². The van der Waals surface area contributed by atoms with Crippen LogP contribution in [-0.2, 0) is 18.9 Å². The van der Waals surface area contributed by atoms with E-state index >= 15 is 0 Å². The molecule has 2 aliphatic rings. The third-order valence-electron chi connectivity index (χ3n) is 5.27. The van der Waals surface area contributed by atoms with Crippen molar-refractivity contribution >= 4 is 0 Å². The molecule has 0 aliphatic carbocycles. The number of phenolic OH excluding ortho intramolecular Hbond substituents is 2. The minimum absolute atomic E-state index is 0.173. The molecule has 0 amide bonds. The van der Waals surface area contributed by atoms with Gasteiger partial charge in [0, 0.05) is 0 Å². The van der Waals surface area contributed by atoms with Crippen LogP contribution in [0, 0.1) is 0 Å². The van der Waals surface area contributed by atoms with E-state index in [1.54, 1.807) is 48.5 Å². The largest absolute Gasteiger partial charge is 0.508 e. The molecular formula is C24H30O8. The topological polar surface area (TPSA) is 95.8 Å². The molecule has 0 spiro atoms. The van der Waals surface area contributed by atoms with Crippen LogP contribution in [0.2, 0.25) is 0 Å². The van der Waals surface area contributed by atoms with Gasteiger partial charge in [-0.15, -0.1) is 0 Å². The van der Waals surface area contributed by atoms with E-state index in [9.17, 15) is 10.2 Å². The van der Waals surface area contributed by atoms with Gasteiger partial charge in [0.2, 0.25) is 0 Å². The van der Waals surface area contributed by atoms with Gasteiger partial charge < -0.3 is 38.6 Å². The van der Waals surface area contributed by atoms with Gasteiger partial charge in [-0.1, -0.05) is 0 Å². The highest BCUT2D eigenvalue weighted by atomic mass is 16.8. The number of benzene rings is 2. The van der Waals surface area contributed by atoms with E-state index in [4.69, 9.17) is 28.4 Å². The van der Waals surface area contributed by atoms with E-state index in [1.165, 1.54) is 0 Å². The number of hydrogen-bond acceptors (Lipinski definition) is 8. The predicted octanol–water partition coefficient (Wildman–Crippen LogP) is 3.60. The van der Waals surface area contributed by atoms with Crippen LogP contribution < -0.4 is 9.47 Å². The van der Waals surface area contributed by atoms with E-state index in [1.807, 2.05) is 27.7 Å². The molecule has 8 heteroatoms. The first-order valence-electron chi connectivity index (χ1n) is 10.7. The van der Waals surface area contributed by atoms with Gasteiger partial charge in [0.05, 0.1) is 0 Å². The SMILES string of the molecule is CC1(C)O[C@@H]([C@H]2OC(C)(C)O[C@@H]2COc2ccc(O)cc2)[C@H](COc2ccc(O)cc2)O1. The smallest absolute Gasteiger partial charge is 0.164 e. The fraction of sp³-hybridized carbons (Fsp3) is 0.500. The lowest BCUT2D eigenvalue weighted by Crippen LogP contribution is -2.45. The summed E-state index contributed by atoms with van der Waals surface area (Å²) in [6, 6.07) is 13.0. The Morgan fingerprint density at radius 3 is 1.31 bits per heavy atom. The molecule has 2 heterocycles. The lowest BCUT2D eigenvalue weighted by Gasteiger charge is -2.26. The highest BCUT2D eigenvalue weighted by molar-refractivity contribution is 5.31. The summed E-state index contributed by atoms with van der Waals surface area (Å²) in [5.41, 5.74) is 0. The summed E-state index contributed by atoms with van der Waals surface area (Å²) in [4.78, 5) is 0. The molecular weight excluding hydrogens is 416 g/mol. The Labute approximate surface area is 187 Å². The van der Waals surface area contributed by atoms with Crippen molar-refractivity contribution in [3.8, 4) is 23.0 Å². The standard InChI is InChI=1S/C24H30O8/c1-23(2)29-19(13-27-17-9-5-15(25)6-10-17)21(31-23)22-20(30-24(3,4)32-22)14-28-18-11-7-16(26)8-12-18/h5-12,19-22,25-26H,13-14H2,1-4H3/t19-,20+,21+,22-. The van der Waals surface area contributed by atoms with Crippen LogP contribution in [0.4, 0.5) is 0 Å². The molecule has 0 bridgehead atoms. The molecule has 32 heavy (non-hydrogen) atoms. The van der Waals surface area contributed by atoms with Gasteiger partial charge in [-0.2, -0.15) is 0 Å². The molecule has 0 unspecified atom stereocenters. The molecule has 2 aliphatic heterocycles. The zero-order chi connectivity index (χ0) is 22.9. The first-order valence-corrected chi connectivity index (χ1v) is 10.7. The summed E-state index contributed by atoms with van der Waals surface area (Å²) >= 11 is 0. The van der Waals surface area contributed by atoms with Crippen LogP contribution >= 0.6 is 0 Å². The molecule has 2 saturated heterocycles. The maximum atomic E-state index is 9.46. The third kappa shape index (κ3) is 5.45. The van der Waals surface area contributed by atoms with E-state index < -0.39 is 36.0 Å². The van der Waals surface area contributed by atoms with Crippen molar-refractivity contribution in [2.75, 3.05) is 13.2 Å². The number of ether oxygens (including phenoxy) is 6. The van der Waals surface area contributed by atoms with Gasteiger partial charge in [0.1, 0.15) is 60.6 Å². The lowest BCUT2D eigenvalue weighted by molar-refractivity contribution is -0.175. The van der Waals surface area contributed by atoms with Gasteiger partial charge in [0.15, 0.2) is 11.6 Å². The minimum atomic E-state index is -0.813. The summed E-state index contributed by atoms with van der Waals surface area (Å²) in [7, 11) is 0. The predicted molar refractivity (Wildman–Crippen MR) is 115 cm³/mol. The van der Waals surface area contributed by atoms with E-state index in [0.29, 0.717) is 11.5 Å². The zero-order valence-corrected chi connectivity index (χ0v) is 18.7. The zero-order valence-electron chi connectivity index (χ0n) is 18.7. The van der Waals surface area contributed by atoms with Crippen LogP contribution in [-0.4, -0.2) is 59.4 Å². The number of phenols is 2. The number of hydrogen-bond donors (Lipinski definition) is 2. The molecule has 8 nitrogen and oxygen atoms in total. The molecule has 4 rings (SSSR count). The second-order valence-corrected chi connectivity index (χ2v) is 8.89. The minimum Gasteiger partial charge on any atom is -0.508 e. The van der Waals surface area contributed by atoms with E-state index in [0.717, 1.165) is 0 Å². The molecule has 174 valence electrons. The van der Waals surface area contributed by atoms with Crippen molar-refractivity contribution in [2.24, 2.45) is 0 Å². The monoisotopic (exact) mass is 446 g/mol. The van der Waals surface area contributed by atoms with E-state index in [-0.39, 0.29) is 24.7 Å². The average molecular weight is 446 g/mol. The quantitative estimate of drug-likeness (QED) is 0.666. The fourth-order valence-electron chi connectivity index (χ4n) is 3.98. The number of aromatic hydroxyl groups is 2. The molecule has 2 N–H and O–H groups in total. The Kier molecular flexibility index (Phi) is 6.22. The molecule has 2 aromatic carbocycles. The van der Waals surface area contributed by atoms with Crippen molar-refractivity contribution in [3.63, 3.8) is 0 Å². The second-order valence-electron chi connectivity index (χ2n) is 8.89. The Balaban J connectivity index is 1.46. The Hall–Kier alpha value is -2.52. The van der Waals surface area contributed by atoms with Crippen LogP contribution in [0.15, 0.2) is 48.5 Å². The maximum Gasteiger partial charge on any atom is 0.164 e. The average Bonchev–Trinajstić information content (AvgIpc) is 3.21. The highest BCUT2D eigenvalue weighted by Gasteiger charge is 2.54. The summed E-state index contributed by atoms with van der Waals surface area (Å²) in [5.74, 6) is -0.0471. The fourth-order valence-corrected chi connectivity index (χ4v) is 3.98. The second kappa shape index (κ2) is 8.78. The summed E-state index contributed by atoms with van der Waals surface area (Å²) in [6.07, 6.45) is -1.70. The van der Waals surface area contributed by atoms with Gasteiger partial charge in [-0.3, -0.25) is 0 Å². The Bertz CT molecular complexity index is 818. The van der Waals surface area contributed by atoms with Crippen molar-refractivity contribution in [1.82, 2.24) is 0 Å². The molecule has 2 aromatic rings.